The molecule has 0 bridgehead atoms. The number of pyridine rings is 1. The second-order valence-electron chi connectivity index (χ2n) is 6.93. The fourth-order valence-corrected chi connectivity index (χ4v) is 3.18. The standard InChI is InChI=1S/C22H21N5O3/c1-14-4-2-5-17(8-14)26-22(28)25-7-3-6-24-21-16(12-23)9-15-10-19-20(30-13-29-19)11-18(15)27-21/h2,4-5,8-11H,3,6-7,13H2,1H3,(H,24,27)(H2,25,26,28). The number of nitrogens with zero attached hydrogens (tertiary/aromatic N) is 2. The number of anilines is 2. The molecule has 0 unspecified atom stereocenters. The van der Waals surface area contributed by atoms with Crippen LogP contribution in [-0.2, 0) is 0 Å². The summed E-state index contributed by atoms with van der Waals surface area (Å²) in [6.45, 7) is 3.20. The average molecular weight is 403 g/mol. The summed E-state index contributed by atoms with van der Waals surface area (Å²) in [6.07, 6.45) is 0.674. The first-order chi connectivity index (χ1) is 14.6. The molecule has 8 heteroatoms. The minimum Gasteiger partial charge on any atom is -0.454 e. The summed E-state index contributed by atoms with van der Waals surface area (Å²) in [7, 11) is 0. The van der Waals surface area contributed by atoms with Gasteiger partial charge >= 0.3 is 6.03 Å². The van der Waals surface area contributed by atoms with Gasteiger partial charge < -0.3 is 25.4 Å². The highest BCUT2D eigenvalue weighted by Crippen LogP contribution is 2.36. The van der Waals surface area contributed by atoms with Crippen molar-refractivity contribution in [1.29, 1.82) is 5.26 Å². The van der Waals surface area contributed by atoms with Crippen molar-refractivity contribution in [1.82, 2.24) is 10.3 Å². The molecule has 1 aromatic heterocycles. The molecule has 2 amide bonds. The lowest BCUT2D eigenvalue weighted by Crippen LogP contribution is -2.30. The van der Waals surface area contributed by atoms with Crippen molar-refractivity contribution < 1.29 is 14.3 Å². The van der Waals surface area contributed by atoms with E-state index in [4.69, 9.17) is 9.47 Å². The van der Waals surface area contributed by atoms with Crippen molar-refractivity contribution in [3.63, 3.8) is 0 Å². The van der Waals surface area contributed by atoms with Crippen LogP contribution in [0.1, 0.15) is 17.5 Å². The van der Waals surface area contributed by atoms with Crippen molar-refractivity contribution in [3.05, 3.63) is 53.6 Å². The van der Waals surface area contributed by atoms with Gasteiger partial charge in [0.15, 0.2) is 11.5 Å². The number of rotatable bonds is 6. The van der Waals surface area contributed by atoms with Crippen LogP contribution in [0.25, 0.3) is 10.9 Å². The normalized spacial score (nSPS) is 11.7. The number of aromatic nitrogens is 1. The van der Waals surface area contributed by atoms with Crippen LogP contribution in [0.4, 0.5) is 16.3 Å². The number of urea groups is 1. The van der Waals surface area contributed by atoms with E-state index in [0.717, 1.165) is 22.2 Å². The molecular formula is C22H21N5O3. The second kappa shape index (κ2) is 8.57. The molecule has 0 saturated carbocycles. The van der Waals surface area contributed by atoms with Crippen molar-refractivity contribution in [2.45, 2.75) is 13.3 Å². The minimum atomic E-state index is -0.252. The van der Waals surface area contributed by atoms with E-state index in [2.05, 4.69) is 27.0 Å². The third-order valence-electron chi connectivity index (χ3n) is 4.64. The number of fused-ring (bicyclic) bond motifs is 2. The molecule has 0 aliphatic carbocycles. The molecule has 2 heterocycles. The maximum absolute atomic E-state index is 12.0. The zero-order valence-corrected chi connectivity index (χ0v) is 16.5. The van der Waals surface area contributed by atoms with Gasteiger partial charge in [0, 0.05) is 30.2 Å². The Labute approximate surface area is 173 Å². The number of benzene rings is 2. The van der Waals surface area contributed by atoms with Gasteiger partial charge in [-0.05, 0) is 43.2 Å². The van der Waals surface area contributed by atoms with E-state index in [1.54, 1.807) is 12.1 Å². The topological polar surface area (TPSA) is 108 Å². The third kappa shape index (κ3) is 4.36. The van der Waals surface area contributed by atoms with Crippen molar-refractivity contribution in [2.24, 2.45) is 0 Å². The number of aryl methyl sites for hydroxylation is 1. The van der Waals surface area contributed by atoms with Crippen molar-refractivity contribution >= 4 is 28.4 Å². The Morgan fingerprint density at radius 2 is 2.00 bits per heavy atom. The van der Waals surface area contributed by atoms with E-state index in [9.17, 15) is 10.1 Å². The van der Waals surface area contributed by atoms with Crippen LogP contribution in [0.3, 0.4) is 0 Å². The number of nitriles is 1. The number of hydrogen-bond acceptors (Lipinski definition) is 6. The molecule has 0 saturated heterocycles. The summed E-state index contributed by atoms with van der Waals surface area (Å²) < 4.78 is 10.8. The van der Waals surface area contributed by atoms with Gasteiger partial charge in [-0.25, -0.2) is 9.78 Å². The van der Waals surface area contributed by atoms with Crippen LogP contribution >= 0.6 is 0 Å². The second-order valence-corrected chi connectivity index (χ2v) is 6.93. The lowest BCUT2D eigenvalue weighted by molar-refractivity contribution is 0.174. The summed E-state index contributed by atoms with van der Waals surface area (Å²) in [6, 6.07) is 14.9. The molecule has 30 heavy (non-hydrogen) atoms. The van der Waals surface area contributed by atoms with E-state index in [1.165, 1.54) is 0 Å². The highest BCUT2D eigenvalue weighted by molar-refractivity contribution is 5.89. The highest BCUT2D eigenvalue weighted by Gasteiger charge is 2.16. The molecule has 8 nitrogen and oxygen atoms in total. The van der Waals surface area contributed by atoms with Crippen LogP contribution < -0.4 is 25.4 Å². The summed E-state index contributed by atoms with van der Waals surface area (Å²) in [4.78, 5) is 16.5. The summed E-state index contributed by atoms with van der Waals surface area (Å²) in [5.41, 5.74) is 3.01. The number of ether oxygens (including phenoxy) is 2. The molecule has 0 spiro atoms. The fraction of sp³-hybridized carbons (Fsp3) is 0.227. The lowest BCUT2D eigenvalue weighted by Gasteiger charge is -2.11. The van der Waals surface area contributed by atoms with Gasteiger partial charge in [-0.1, -0.05) is 12.1 Å². The van der Waals surface area contributed by atoms with Crippen molar-refractivity contribution in [3.8, 4) is 17.6 Å². The third-order valence-corrected chi connectivity index (χ3v) is 4.64. The van der Waals surface area contributed by atoms with Crippen LogP contribution in [0.2, 0.25) is 0 Å². The zero-order chi connectivity index (χ0) is 20.9. The van der Waals surface area contributed by atoms with Gasteiger partial charge in [0.05, 0.1) is 11.1 Å². The largest absolute Gasteiger partial charge is 0.454 e. The maximum atomic E-state index is 12.0. The molecule has 0 radical (unpaired) electrons. The average Bonchev–Trinajstić information content (AvgIpc) is 3.18. The Morgan fingerprint density at radius 3 is 2.80 bits per heavy atom. The maximum Gasteiger partial charge on any atom is 0.319 e. The molecule has 1 aliphatic rings. The molecule has 3 aromatic rings. The van der Waals surface area contributed by atoms with Gasteiger partial charge in [-0.2, -0.15) is 5.26 Å². The predicted octanol–water partition coefficient (Wildman–Crippen LogP) is 3.77. The smallest absolute Gasteiger partial charge is 0.319 e. The molecule has 2 aromatic carbocycles. The van der Waals surface area contributed by atoms with E-state index in [-0.39, 0.29) is 12.8 Å². The van der Waals surface area contributed by atoms with Crippen molar-refractivity contribution in [2.75, 3.05) is 30.5 Å². The van der Waals surface area contributed by atoms with Crippen LogP contribution in [0.15, 0.2) is 42.5 Å². The van der Waals surface area contributed by atoms with Gasteiger partial charge in [-0.15, -0.1) is 0 Å². The number of hydrogen-bond donors (Lipinski definition) is 3. The Balaban J connectivity index is 1.31. The van der Waals surface area contributed by atoms with E-state index < -0.39 is 0 Å². The molecule has 152 valence electrons. The van der Waals surface area contributed by atoms with Gasteiger partial charge in [0.1, 0.15) is 11.9 Å². The number of amides is 2. The molecule has 1 aliphatic heterocycles. The first-order valence-electron chi connectivity index (χ1n) is 9.62. The zero-order valence-electron chi connectivity index (χ0n) is 16.5. The van der Waals surface area contributed by atoms with Gasteiger partial charge in [0.25, 0.3) is 0 Å². The Kier molecular flexibility index (Phi) is 5.52. The molecule has 4 rings (SSSR count). The predicted molar refractivity (Wildman–Crippen MR) is 114 cm³/mol. The number of carbonyl (C=O) groups is 1. The Morgan fingerprint density at radius 1 is 1.17 bits per heavy atom. The lowest BCUT2D eigenvalue weighted by atomic mass is 10.1. The summed E-state index contributed by atoms with van der Waals surface area (Å²) in [5.74, 6) is 1.81. The molecular weight excluding hydrogens is 382 g/mol. The monoisotopic (exact) mass is 403 g/mol. The summed E-state index contributed by atoms with van der Waals surface area (Å²) in [5, 5.41) is 19.1. The Hall–Kier alpha value is -3.99. The van der Waals surface area contributed by atoms with Crippen LogP contribution in [0, 0.1) is 18.3 Å². The van der Waals surface area contributed by atoms with E-state index in [0.29, 0.717) is 42.4 Å². The van der Waals surface area contributed by atoms with Gasteiger partial charge in [-0.3, -0.25) is 0 Å². The SMILES string of the molecule is Cc1cccc(NC(=O)NCCCNc2nc3cc4c(cc3cc2C#N)OCO4)c1. The minimum absolute atomic E-state index is 0.187. The summed E-state index contributed by atoms with van der Waals surface area (Å²) >= 11 is 0. The van der Waals surface area contributed by atoms with Gasteiger partial charge in [0.2, 0.25) is 6.79 Å². The number of nitrogens with one attached hydrogen (secondary N) is 3. The number of carbonyl (C=O) groups excluding carboxylic acids is 1. The first kappa shape index (κ1) is 19.3. The molecule has 3 N–H and O–H groups in total. The quantitative estimate of drug-likeness (QED) is 0.541. The molecule has 0 fully saturated rings. The van der Waals surface area contributed by atoms with E-state index >= 15 is 0 Å². The van der Waals surface area contributed by atoms with Crippen LogP contribution in [0.5, 0.6) is 11.5 Å². The van der Waals surface area contributed by atoms with Crippen LogP contribution in [-0.4, -0.2) is 30.9 Å². The highest BCUT2D eigenvalue weighted by atomic mass is 16.7. The van der Waals surface area contributed by atoms with E-state index in [1.807, 2.05) is 37.3 Å². The first-order valence-corrected chi connectivity index (χ1v) is 9.62. The fourth-order valence-electron chi connectivity index (χ4n) is 3.18. The molecule has 0 atom stereocenters. The Bertz CT molecular complexity index is 1140.